The number of hydrogen-bond donors (Lipinski definition) is 0. The fourth-order valence-corrected chi connectivity index (χ4v) is 5.47. The highest BCUT2D eigenvalue weighted by molar-refractivity contribution is 7.17. The Bertz CT molecular complexity index is 1220. The molecular formula is C20H21N7OS2. The molecule has 1 amide bonds. The van der Waals surface area contributed by atoms with Crippen LogP contribution in [0.3, 0.4) is 0 Å². The Hall–Kier alpha value is -2.85. The number of aryl methyl sites for hydroxylation is 3. The van der Waals surface area contributed by atoms with Gasteiger partial charge in [-0.1, -0.05) is 0 Å². The molecule has 0 spiro atoms. The number of anilines is 1. The SMILES string of the molecule is Cc1nc(N2CCN(C(=O)c3sc(-c4ccsc4)nc3C)CC2)c2cnn(C)c2n1. The van der Waals surface area contributed by atoms with Gasteiger partial charge in [-0.2, -0.15) is 16.4 Å². The molecule has 4 aromatic heterocycles. The summed E-state index contributed by atoms with van der Waals surface area (Å²) >= 11 is 3.12. The second kappa shape index (κ2) is 7.44. The quantitative estimate of drug-likeness (QED) is 0.488. The van der Waals surface area contributed by atoms with Crippen LogP contribution < -0.4 is 4.90 Å². The van der Waals surface area contributed by atoms with Gasteiger partial charge in [-0.25, -0.2) is 15.0 Å². The number of hydrogen-bond acceptors (Lipinski definition) is 8. The molecule has 1 aliphatic heterocycles. The fraction of sp³-hybridized carbons (Fsp3) is 0.350. The van der Waals surface area contributed by atoms with Crippen molar-refractivity contribution in [2.45, 2.75) is 13.8 Å². The molecule has 0 unspecified atom stereocenters. The molecule has 1 fully saturated rings. The van der Waals surface area contributed by atoms with E-state index in [0.29, 0.717) is 13.1 Å². The van der Waals surface area contributed by atoms with E-state index in [1.54, 1.807) is 16.0 Å². The molecule has 4 aromatic rings. The van der Waals surface area contributed by atoms with Gasteiger partial charge in [-0.3, -0.25) is 9.48 Å². The second-order valence-corrected chi connectivity index (χ2v) is 9.10. The lowest BCUT2D eigenvalue weighted by Gasteiger charge is -2.35. The summed E-state index contributed by atoms with van der Waals surface area (Å²) in [5, 5.41) is 10.3. The Morgan fingerprint density at radius 1 is 1.10 bits per heavy atom. The van der Waals surface area contributed by atoms with E-state index in [-0.39, 0.29) is 5.91 Å². The predicted octanol–water partition coefficient (Wildman–Crippen LogP) is 3.13. The Morgan fingerprint density at radius 3 is 2.63 bits per heavy atom. The van der Waals surface area contributed by atoms with Gasteiger partial charge in [0.25, 0.3) is 5.91 Å². The van der Waals surface area contributed by atoms with E-state index in [4.69, 9.17) is 0 Å². The maximum absolute atomic E-state index is 13.2. The lowest BCUT2D eigenvalue weighted by molar-refractivity contribution is 0.0750. The van der Waals surface area contributed by atoms with Crippen LogP contribution >= 0.6 is 22.7 Å². The standard InChI is InChI=1S/C20H21N7OS2/c1-12-16(30-19(22-12)14-4-9-29-11-14)20(28)27-7-5-26(6-8-27)18-15-10-21-25(3)17(15)23-13(2)24-18/h4,9-11H,5-8H2,1-3H3. The highest BCUT2D eigenvalue weighted by atomic mass is 32.1. The molecule has 0 bridgehead atoms. The van der Waals surface area contributed by atoms with Gasteiger partial charge in [0.05, 0.1) is 17.3 Å². The highest BCUT2D eigenvalue weighted by Gasteiger charge is 2.27. The number of amides is 1. The number of piperazine rings is 1. The van der Waals surface area contributed by atoms with Crippen molar-refractivity contribution in [1.82, 2.24) is 29.6 Å². The molecule has 0 atom stereocenters. The molecule has 1 saturated heterocycles. The van der Waals surface area contributed by atoms with Gasteiger partial charge in [0.2, 0.25) is 0 Å². The summed E-state index contributed by atoms with van der Waals surface area (Å²) in [6, 6.07) is 2.04. The van der Waals surface area contributed by atoms with E-state index in [9.17, 15) is 4.79 Å². The molecule has 154 valence electrons. The summed E-state index contributed by atoms with van der Waals surface area (Å²) in [5.41, 5.74) is 2.71. The summed E-state index contributed by atoms with van der Waals surface area (Å²) in [5.74, 6) is 1.68. The third-order valence-corrected chi connectivity index (χ3v) is 7.19. The van der Waals surface area contributed by atoms with Crippen molar-refractivity contribution in [3.8, 4) is 10.6 Å². The van der Waals surface area contributed by atoms with Crippen LogP contribution in [0, 0.1) is 13.8 Å². The summed E-state index contributed by atoms with van der Waals surface area (Å²) in [7, 11) is 1.89. The van der Waals surface area contributed by atoms with Gasteiger partial charge in [0.15, 0.2) is 5.65 Å². The zero-order valence-electron chi connectivity index (χ0n) is 17.0. The number of carbonyl (C=O) groups is 1. The van der Waals surface area contributed by atoms with Crippen molar-refractivity contribution in [2.24, 2.45) is 7.05 Å². The summed E-state index contributed by atoms with van der Waals surface area (Å²) < 4.78 is 1.77. The molecule has 0 saturated carbocycles. The maximum atomic E-state index is 13.2. The minimum absolute atomic E-state index is 0.0662. The van der Waals surface area contributed by atoms with Crippen LogP contribution in [-0.2, 0) is 7.05 Å². The first-order valence-electron chi connectivity index (χ1n) is 9.72. The zero-order valence-corrected chi connectivity index (χ0v) is 18.6. The van der Waals surface area contributed by atoms with Crippen molar-refractivity contribution < 1.29 is 4.79 Å². The first kappa shape index (κ1) is 19.1. The Balaban J connectivity index is 1.34. The molecule has 1 aliphatic rings. The number of thiazole rings is 1. The van der Waals surface area contributed by atoms with Crippen molar-refractivity contribution in [3.05, 3.63) is 39.4 Å². The summed E-state index contributed by atoms with van der Waals surface area (Å²) in [6.45, 7) is 6.55. The average molecular weight is 440 g/mol. The molecule has 5 heterocycles. The van der Waals surface area contributed by atoms with Gasteiger partial charge in [0, 0.05) is 44.2 Å². The lowest BCUT2D eigenvalue weighted by Crippen LogP contribution is -2.49. The van der Waals surface area contributed by atoms with E-state index in [1.165, 1.54) is 11.3 Å². The number of carbonyl (C=O) groups excluding carboxylic acids is 1. The number of nitrogens with zero attached hydrogens (tertiary/aromatic N) is 7. The molecule has 0 radical (unpaired) electrons. The van der Waals surface area contributed by atoms with Crippen LogP contribution in [0.1, 0.15) is 21.2 Å². The molecule has 8 nitrogen and oxygen atoms in total. The van der Waals surface area contributed by atoms with Crippen molar-refractivity contribution in [3.63, 3.8) is 0 Å². The maximum Gasteiger partial charge on any atom is 0.265 e. The Kier molecular flexibility index (Phi) is 4.75. The van der Waals surface area contributed by atoms with E-state index in [1.807, 2.05) is 43.4 Å². The lowest BCUT2D eigenvalue weighted by atomic mass is 10.2. The fourth-order valence-electron chi connectivity index (χ4n) is 3.72. The number of rotatable bonds is 3. The van der Waals surface area contributed by atoms with Gasteiger partial charge >= 0.3 is 0 Å². The third kappa shape index (κ3) is 3.25. The van der Waals surface area contributed by atoms with Crippen LogP contribution in [0.2, 0.25) is 0 Å². The zero-order chi connectivity index (χ0) is 20.8. The number of thiophene rings is 1. The van der Waals surface area contributed by atoms with E-state index >= 15 is 0 Å². The molecule has 0 aromatic carbocycles. The second-order valence-electron chi connectivity index (χ2n) is 7.32. The number of aromatic nitrogens is 5. The molecule has 10 heteroatoms. The minimum Gasteiger partial charge on any atom is -0.352 e. The van der Waals surface area contributed by atoms with Gasteiger partial charge in [-0.15, -0.1) is 11.3 Å². The first-order valence-corrected chi connectivity index (χ1v) is 11.5. The smallest absolute Gasteiger partial charge is 0.265 e. The van der Waals surface area contributed by atoms with E-state index in [2.05, 4.69) is 30.3 Å². The van der Waals surface area contributed by atoms with Gasteiger partial charge in [-0.05, 0) is 25.3 Å². The molecular weight excluding hydrogens is 418 g/mol. The molecule has 0 N–H and O–H groups in total. The molecule has 0 aliphatic carbocycles. The van der Waals surface area contributed by atoms with E-state index < -0.39 is 0 Å². The molecule has 5 rings (SSSR count). The monoisotopic (exact) mass is 439 g/mol. The normalized spacial score (nSPS) is 14.6. The Morgan fingerprint density at radius 2 is 1.90 bits per heavy atom. The molecule has 30 heavy (non-hydrogen) atoms. The third-order valence-electron chi connectivity index (χ3n) is 5.31. The van der Waals surface area contributed by atoms with Crippen LogP contribution in [0.5, 0.6) is 0 Å². The summed E-state index contributed by atoms with van der Waals surface area (Å²) in [4.78, 5) is 31.8. The first-order chi connectivity index (χ1) is 14.5. The van der Waals surface area contributed by atoms with E-state index in [0.717, 1.165) is 56.9 Å². The van der Waals surface area contributed by atoms with Crippen LogP contribution in [-0.4, -0.2) is 61.7 Å². The largest absolute Gasteiger partial charge is 0.352 e. The van der Waals surface area contributed by atoms with Crippen molar-refractivity contribution in [1.29, 1.82) is 0 Å². The van der Waals surface area contributed by atoms with Crippen LogP contribution in [0.15, 0.2) is 23.0 Å². The minimum atomic E-state index is 0.0662. The topological polar surface area (TPSA) is 80.0 Å². The Labute approximate surface area is 181 Å². The van der Waals surface area contributed by atoms with Crippen molar-refractivity contribution in [2.75, 3.05) is 31.1 Å². The van der Waals surface area contributed by atoms with Gasteiger partial charge < -0.3 is 9.80 Å². The number of fused-ring (bicyclic) bond motifs is 1. The van der Waals surface area contributed by atoms with Gasteiger partial charge in [0.1, 0.15) is 21.5 Å². The highest BCUT2D eigenvalue weighted by Crippen LogP contribution is 2.31. The average Bonchev–Trinajstić information content (AvgIpc) is 3.48. The predicted molar refractivity (Wildman–Crippen MR) is 119 cm³/mol. The van der Waals surface area contributed by atoms with Crippen LogP contribution in [0.25, 0.3) is 21.6 Å². The van der Waals surface area contributed by atoms with Crippen molar-refractivity contribution >= 4 is 45.4 Å². The summed E-state index contributed by atoms with van der Waals surface area (Å²) in [6.07, 6.45) is 1.81. The van der Waals surface area contributed by atoms with Crippen LogP contribution in [0.4, 0.5) is 5.82 Å².